The molecular formula is C15H9ClN4O. The van der Waals surface area contributed by atoms with Gasteiger partial charge in [0.05, 0.1) is 22.1 Å². The van der Waals surface area contributed by atoms with Gasteiger partial charge in [0.25, 0.3) is 5.56 Å². The standard InChI is InChI=1S/C15H9ClN4O/c16-9-1-2-13-11(7-9)14-12(8-18-13)15(21)20(19-14)10-3-5-17-6-4-10/h1-8,19H. The Labute approximate surface area is 123 Å². The van der Waals surface area contributed by atoms with E-state index >= 15 is 0 Å². The molecule has 5 nitrogen and oxygen atoms in total. The molecule has 1 N–H and O–H groups in total. The molecule has 3 aromatic heterocycles. The number of hydrogen-bond donors (Lipinski definition) is 1. The van der Waals surface area contributed by atoms with E-state index in [2.05, 4.69) is 15.1 Å². The largest absolute Gasteiger partial charge is 0.290 e. The fourth-order valence-corrected chi connectivity index (χ4v) is 2.58. The van der Waals surface area contributed by atoms with E-state index < -0.39 is 0 Å². The minimum atomic E-state index is -0.148. The van der Waals surface area contributed by atoms with Gasteiger partial charge in [0, 0.05) is 29.0 Å². The van der Waals surface area contributed by atoms with Crippen molar-refractivity contribution >= 4 is 33.4 Å². The maximum atomic E-state index is 12.5. The molecule has 0 radical (unpaired) electrons. The van der Waals surface area contributed by atoms with E-state index in [-0.39, 0.29) is 5.56 Å². The number of nitrogens with zero attached hydrogens (tertiary/aromatic N) is 3. The van der Waals surface area contributed by atoms with E-state index in [0.29, 0.717) is 10.4 Å². The first-order valence-corrected chi connectivity index (χ1v) is 6.71. The molecule has 102 valence electrons. The van der Waals surface area contributed by atoms with E-state index in [9.17, 15) is 4.79 Å². The lowest BCUT2D eigenvalue weighted by Gasteiger charge is -2.00. The van der Waals surface area contributed by atoms with Crippen LogP contribution >= 0.6 is 11.6 Å². The number of hydrogen-bond acceptors (Lipinski definition) is 3. The molecule has 0 aliphatic carbocycles. The number of halogens is 1. The van der Waals surface area contributed by atoms with Gasteiger partial charge in [-0.1, -0.05) is 11.6 Å². The SMILES string of the molecule is O=c1c2cnc3ccc(Cl)cc3c2[nH]n1-c1ccncc1. The van der Waals surface area contributed by atoms with Crippen LogP contribution in [0.1, 0.15) is 0 Å². The molecule has 0 fully saturated rings. The summed E-state index contributed by atoms with van der Waals surface area (Å²) < 4.78 is 1.48. The van der Waals surface area contributed by atoms with Crippen molar-refractivity contribution in [2.24, 2.45) is 0 Å². The molecule has 1 aromatic carbocycles. The number of fused-ring (bicyclic) bond motifs is 3. The lowest BCUT2D eigenvalue weighted by atomic mass is 10.2. The number of aromatic amines is 1. The number of pyridine rings is 2. The van der Waals surface area contributed by atoms with Crippen LogP contribution < -0.4 is 5.56 Å². The molecule has 0 aliphatic rings. The third kappa shape index (κ3) is 1.82. The number of aromatic nitrogens is 4. The van der Waals surface area contributed by atoms with Crippen molar-refractivity contribution in [2.45, 2.75) is 0 Å². The summed E-state index contributed by atoms with van der Waals surface area (Å²) in [6.07, 6.45) is 4.86. The number of rotatable bonds is 1. The van der Waals surface area contributed by atoms with Crippen LogP contribution in [-0.4, -0.2) is 19.7 Å². The topological polar surface area (TPSA) is 63.6 Å². The fraction of sp³-hybridized carbons (Fsp3) is 0. The predicted molar refractivity (Wildman–Crippen MR) is 82.0 cm³/mol. The third-order valence-corrected chi connectivity index (χ3v) is 3.64. The summed E-state index contributed by atoms with van der Waals surface area (Å²) in [5.74, 6) is 0. The Hall–Kier alpha value is -2.66. The van der Waals surface area contributed by atoms with Crippen LogP contribution in [0.2, 0.25) is 5.02 Å². The average Bonchev–Trinajstić information content (AvgIpc) is 2.86. The van der Waals surface area contributed by atoms with Crippen LogP contribution in [0.25, 0.3) is 27.5 Å². The van der Waals surface area contributed by atoms with Crippen molar-refractivity contribution in [2.75, 3.05) is 0 Å². The van der Waals surface area contributed by atoms with Gasteiger partial charge in [-0.05, 0) is 30.3 Å². The van der Waals surface area contributed by atoms with E-state index in [0.717, 1.165) is 22.1 Å². The van der Waals surface area contributed by atoms with Gasteiger partial charge in [-0.25, -0.2) is 4.68 Å². The minimum Gasteiger partial charge on any atom is -0.290 e. The summed E-state index contributed by atoms with van der Waals surface area (Å²) in [6, 6.07) is 8.94. The monoisotopic (exact) mass is 296 g/mol. The highest BCUT2D eigenvalue weighted by atomic mass is 35.5. The Bertz CT molecular complexity index is 1020. The van der Waals surface area contributed by atoms with Gasteiger partial charge in [0.15, 0.2) is 0 Å². The second kappa shape index (κ2) is 4.43. The molecule has 0 atom stereocenters. The second-order valence-electron chi connectivity index (χ2n) is 4.67. The second-order valence-corrected chi connectivity index (χ2v) is 5.10. The highest BCUT2D eigenvalue weighted by molar-refractivity contribution is 6.31. The van der Waals surface area contributed by atoms with Crippen molar-refractivity contribution in [3.63, 3.8) is 0 Å². The Balaban J connectivity index is 2.13. The minimum absolute atomic E-state index is 0.148. The Kier molecular flexibility index (Phi) is 2.55. The zero-order chi connectivity index (χ0) is 14.4. The van der Waals surface area contributed by atoms with Crippen LogP contribution in [0, 0.1) is 0 Å². The van der Waals surface area contributed by atoms with Crippen LogP contribution in [0.5, 0.6) is 0 Å². The maximum absolute atomic E-state index is 12.5. The number of benzene rings is 1. The quantitative estimate of drug-likeness (QED) is 0.587. The zero-order valence-electron chi connectivity index (χ0n) is 10.7. The van der Waals surface area contributed by atoms with Crippen LogP contribution in [0.3, 0.4) is 0 Å². The van der Waals surface area contributed by atoms with E-state index in [1.54, 1.807) is 42.9 Å². The van der Waals surface area contributed by atoms with Gasteiger partial charge < -0.3 is 0 Å². The fourth-order valence-electron chi connectivity index (χ4n) is 2.41. The van der Waals surface area contributed by atoms with Crippen LogP contribution in [-0.2, 0) is 0 Å². The lowest BCUT2D eigenvalue weighted by Crippen LogP contribution is -2.14. The van der Waals surface area contributed by atoms with Crippen molar-refractivity contribution in [1.29, 1.82) is 0 Å². The maximum Gasteiger partial charge on any atom is 0.280 e. The van der Waals surface area contributed by atoms with Crippen molar-refractivity contribution in [1.82, 2.24) is 19.7 Å². The summed E-state index contributed by atoms with van der Waals surface area (Å²) in [5.41, 5.74) is 2.09. The highest BCUT2D eigenvalue weighted by Gasteiger charge is 2.12. The first-order chi connectivity index (χ1) is 10.2. The van der Waals surface area contributed by atoms with Gasteiger partial charge in [-0.15, -0.1) is 0 Å². The van der Waals surface area contributed by atoms with Crippen molar-refractivity contribution in [3.05, 3.63) is 64.3 Å². The molecule has 4 rings (SSSR count). The van der Waals surface area contributed by atoms with E-state index in [1.807, 2.05) is 6.07 Å². The molecule has 0 saturated heterocycles. The molecule has 4 aromatic rings. The normalized spacial score (nSPS) is 11.3. The molecule has 0 amide bonds. The van der Waals surface area contributed by atoms with Crippen molar-refractivity contribution < 1.29 is 0 Å². The van der Waals surface area contributed by atoms with Crippen LogP contribution in [0.4, 0.5) is 0 Å². The summed E-state index contributed by atoms with van der Waals surface area (Å²) in [5, 5.41) is 5.09. The molecule has 6 heteroatoms. The highest BCUT2D eigenvalue weighted by Crippen LogP contribution is 2.23. The van der Waals surface area contributed by atoms with Gasteiger partial charge >= 0.3 is 0 Å². The van der Waals surface area contributed by atoms with E-state index in [1.165, 1.54) is 4.68 Å². The lowest BCUT2D eigenvalue weighted by molar-refractivity contribution is 0.862. The Morgan fingerprint density at radius 2 is 1.90 bits per heavy atom. The molecule has 21 heavy (non-hydrogen) atoms. The molecule has 0 bridgehead atoms. The van der Waals surface area contributed by atoms with Crippen LogP contribution in [0.15, 0.2) is 53.7 Å². The smallest absolute Gasteiger partial charge is 0.280 e. The van der Waals surface area contributed by atoms with Gasteiger partial charge in [0.1, 0.15) is 0 Å². The summed E-state index contributed by atoms with van der Waals surface area (Å²) >= 11 is 6.05. The first-order valence-electron chi connectivity index (χ1n) is 6.33. The average molecular weight is 297 g/mol. The molecular weight excluding hydrogens is 288 g/mol. The predicted octanol–water partition coefficient (Wildman–Crippen LogP) is 2.92. The summed E-state index contributed by atoms with van der Waals surface area (Å²) in [4.78, 5) is 20.8. The number of H-pyrrole nitrogens is 1. The number of nitrogens with one attached hydrogen (secondary N) is 1. The van der Waals surface area contributed by atoms with Crippen molar-refractivity contribution in [3.8, 4) is 5.69 Å². The van der Waals surface area contributed by atoms with Gasteiger partial charge in [0.2, 0.25) is 0 Å². The molecule has 0 spiro atoms. The molecule has 0 saturated carbocycles. The van der Waals surface area contributed by atoms with E-state index in [4.69, 9.17) is 11.6 Å². The zero-order valence-corrected chi connectivity index (χ0v) is 11.5. The summed E-state index contributed by atoms with van der Waals surface area (Å²) in [7, 11) is 0. The molecule has 0 unspecified atom stereocenters. The Morgan fingerprint density at radius 3 is 2.71 bits per heavy atom. The third-order valence-electron chi connectivity index (χ3n) is 3.41. The molecule has 3 heterocycles. The summed E-state index contributed by atoms with van der Waals surface area (Å²) in [6.45, 7) is 0. The van der Waals surface area contributed by atoms with Gasteiger partial charge in [-0.2, -0.15) is 0 Å². The Morgan fingerprint density at radius 1 is 1.10 bits per heavy atom. The molecule has 0 aliphatic heterocycles. The van der Waals surface area contributed by atoms with Gasteiger partial charge in [-0.3, -0.25) is 19.9 Å². The first kappa shape index (κ1) is 12.1.